The Morgan fingerprint density at radius 3 is 2.51 bits per heavy atom. The number of aromatic nitrogens is 2. The molecule has 11 heteroatoms. The zero-order valence-electron chi connectivity index (χ0n) is 21.3. The Hall–Kier alpha value is -5.03. The SMILES string of the molecule is CN1CCN(c2ccc(Nc3nc(Oc4cccc([N+](=O)[O-])c4)cnc3C(N)=O)cc2-c2ccccc2)CC1. The number of anilines is 3. The van der Waals surface area contributed by atoms with Crippen LogP contribution < -0.4 is 20.7 Å². The zero-order chi connectivity index (χ0) is 27.4. The predicted octanol–water partition coefficient (Wildman–Crippen LogP) is 4.44. The van der Waals surface area contributed by atoms with Gasteiger partial charge in [0.1, 0.15) is 5.75 Å². The van der Waals surface area contributed by atoms with Gasteiger partial charge in [0.15, 0.2) is 11.5 Å². The monoisotopic (exact) mass is 525 g/mol. The van der Waals surface area contributed by atoms with Crippen molar-refractivity contribution in [2.45, 2.75) is 0 Å². The molecule has 1 aliphatic heterocycles. The van der Waals surface area contributed by atoms with Gasteiger partial charge in [-0.15, -0.1) is 0 Å². The smallest absolute Gasteiger partial charge is 0.273 e. The lowest BCUT2D eigenvalue weighted by Crippen LogP contribution is -2.44. The Bertz CT molecular complexity index is 1510. The van der Waals surface area contributed by atoms with E-state index >= 15 is 0 Å². The molecule has 3 aromatic carbocycles. The van der Waals surface area contributed by atoms with Gasteiger partial charge in [-0.2, -0.15) is 4.98 Å². The molecule has 5 rings (SSSR count). The Morgan fingerprint density at radius 2 is 1.79 bits per heavy atom. The van der Waals surface area contributed by atoms with Crippen LogP contribution in [0.5, 0.6) is 11.6 Å². The van der Waals surface area contributed by atoms with Crippen molar-refractivity contribution >= 4 is 28.8 Å². The maximum absolute atomic E-state index is 12.1. The van der Waals surface area contributed by atoms with Gasteiger partial charge < -0.3 is 25.6 Å². The van der Waals surface area contributed by atoms with Gasteiger partial charge in [-0.1, -0.05) is 36.4 Å². The average Bonchev–Trinajstić information content (AvgIpc) is 2.94. The highest BCUT2D eigenvalue weighted by Gasteiger charge is 2.20. The highest BCUT2D eigenvalue weighted by molar-refractivity contribution is 5.96. The van der Waals surface area contributed by atoms with Crippen molar-refractivity contribution in [2.75, 3.05) is 43.4 Å². The van der Waals surface area contributed by atoms with E-state index in [1.807, 2.05) is 30.3 Å². The molecule has 11 nitrogen and oxygen atoms in total. The number of nitrogens with two attached hydrogens (primary N) is 1. The third-order valence-corrected chi connectivity index (χ3v) is 6.42. The number of nitro groups is 1. The third kappa shape index (κ3) is 5.94. The fourth-order valence-corrected chi connectivity index (χ4v) is 4.39. The van der Waals surface area contributed by atoms with Crippen LogP contribution in [0.15, 0.2) is 79.0 Å². The minimum atomic E-state index is -0.760. The first-order valence-electron chi connectivity index (χ1n) is 12.4. The van der Waals surface area contributed by atoms with Crippen molar-refractivity contribution in [2.24, 2.45) is 5.73 Å². The molecule has 4 aromatic rings. The lowest BCUT2D eigenvalue weighted by molar-refractivity contribution is -0.384. The van der Waals surface area contributed by atoms with Crippen LogP contribution >= 0.6 is 0 Å². The molecule has 0 saturated carbocycles. The summed E-state index contributed by atoms with van der Waals surface area (Å²) in [6, 6.07) is 21.8. The highest BCUT2D eigenvalue weighted by Crippen LogP contribution is 2.35. The van der Waals surface area contributed by atoms with Gasteiger partial charge in [0.25, 0.3) is 11.6 Å². The van der Waals surface area contributed by atoms with Gasteiger partial charge in [-0.05, 0) is 36.9 Å². The fourth-order valence-electron chi connectivity index (χ4n) is 4.39. The second kappa shape index (κ2) is 11.2. The van der Waals surface area contributed by atoms with Crippen LogP contribution in [0, 0.1) is 10.1 Å². The molecular weight excluding hydrogens is 498 g/mol. The second-order valence-corrected chi connectivity index (χ2v) is 9.14. The quantitative estimate of drug-likeness (QED) is 0.252. The number of rotatable bonds is 8. The number of nitrogens with one attached hydrogen (secondary N) is 1. The van der Waals surface area contributed by atoms with Crippen LogP contribution in [-0.2, 0) is 0 Å². The predicted molar refractivity (Wildman–Crippen MR) is 149 cm³/mol. The van der Waals surface area contributed by atoms with Crippen LogP contribution in [-0.4, -0.2) is 58.9 Å². The number of likely N-dealkylation sites (N-methyl/N-ethyl adjacent to an activating group) is 1. The van der Waals surface area contributed by atoms with Crippen molar-refractivity contribution < 1.29 is 14.5 Å². The molecule has 0 spiro atoms. The van der Waals surface area contributed by atoms with E-state index in [1.54, 1.807) is 6.07 Å². The van der Waals surface area contributed by atoms with Crippen molar-refractivity contribution in [3.8, 4) is 22.8 Å². The Morgan fingerprint density at radius 1 is 1.03 bits per heavy atom. The van der Waals surface area contributed by atoms with E-state index in [-0.39, 0.29) is 28.8 Å². The van der Waals surface area contributed by atoms with E-state index in [1.165, 1.54) is 24.4 Å². The number of non-ortho nitro benzene ring substituents is 1. The van der Waals surface area contributed by atoms with E-state index in [0.29, 0.717) is 5.69 Å². The normalized spacial score (nSPS) is 13.6. The van der Waals surface area contributed by atoms with E-state index in [4.69, 9.17) is 10.5 Å². The fraction of sp³-hybridized carbons (Fsp3) is 0.179. The minimum absolute atomic E-state index is 0.0420. The molecule has 39 heavy (non-hydrogen) atoms. The molecular formula is C28H27N7O4. The first kappa shape index (κ1) is 25.6. The molecule has 198 valence electrons. The Kier molecular flexibility index (Phi) is 7.32. The number of carbonyl (C=O) groups excluding carboxylic acids is 1. The second-order valence-electron chi connectivity index (χ2n) is 9.14. The number of primary amides is 1. The maximum Gasteiger partial charge on any atom is 0.273 e. The molecule has 0 bridgehead atoms. The lowest BCUT2D eigenvalue weighted by Gasteiger charge is -2.35. The number of piperazine rings is 1. The topological polar surface area (TPSA) is 140 Å². The molecule has 2 heterocycles. The number of ether oxygens (including phenoxy) is 1. The summed E-state index contributed by atoms with van der Waals surface area (Å²) in [5.74, 6) is -0.402. The molecule has 0 aliphatic carbocycles. The van der Waals surface area contributed by atoms with Gasteiger partial charge in [0, 0.05) is 49.2 Å². The summed E-state index contributed by atoms with van der Waals surface area (Å²) in [6.07, 6.45) is 1.25. The molecule has 0 unspecified atom stereocenters. The summed E-state index contributed by atoms with van der Waals surface area (Å²) in [6.45, 7) is 3.78. The van der Waals surface area contributed by atoms with E-state index in [9.17, 15) is 14.9 Å². The van der Waals surface area contributed by atoms with Crippen LogP contribution in [0.3, 0.4) is 0 Å². The minimum Gasteiger partial charge on any atom is -0.437 e. The number of hydrogen-bond acceptors (Lipinski definition) is 9. The largest absolute Gasteiger partial charge is 0.437 e. The van der Waals surface area contributed by atoms with Gasteiger partial charge in [0.05, 0.1) is 17.2 Å². The third-order valence-electron chi connectivity index (χ3n) is 6.42. The number of hydrogen-bond donors (Lipinski definition) is 2. The van der Waals surface area contributed by atoms with Gasteiger partial charge in [0.2, 0.25) is 5.88 Å². The number of nitro benzene ring substituents is 1. The van der Waals surface area contributed by atoms with E-state index < -0.39 is 10.8 Å². The molecule has 1 amide bonds. The van der Waals surface area contributed by atoms with E-state index in [2.05, 4.69) is 50.3 Å². The van der Waals surface area contributed by atoms with Crippen molar-refractivity contribution in [3.63, 3.8) is 0 Å². The van der Waals surface area contributed by atoms with Crippen LogP contribution in [0.25, 0.3) is 11.1 Å². The summed E-state index contributed by atoms with van der Waals surface area (Å²) in [4.78, 5) is 35.9. The molecule has 0 atom stereocenters. The molecule has 0 radical (unpaired) electrons. The number of benzene rings is 3. The summed E-state index contributed by atoms with van der Waals surface area (Å²) < 4.78 is 5.70. The number of carbonyl (C=O) groups is 1. The highest BCUT2D eigenvalue weighted by atomic mass is 16.6. The van der Waals surface area contributed by atoms with Crippen LogP contribution in [0.4, 0.5) is 22.9 Å². The summed E-state index contributed by atoms with van der Waals surface area (Å²) in [5.41, 5.74) is 9.26. The number of nitrogens with zero attached hydrogens (tertiary/aromatic N) is 5. The van der Waals surface area contributed by atoms with Gasteiger partial charge >= 0.3 is 0 Å². The Balaban J connectivity index is 1.48. The van der Waals surface area contributed by atoms with Crippen molar-refractivity contribution in [1.82, 2.24) is 14.9 Å². The van der Waals surface area contributed by atoms with Gasteiger partial charge in [-0.3, -0.25) is 14.9 Å². The molecule has 1 aromatic heterocycles. The van der Waals surface area contributed by atoms with Crippen molar-refractivity contribution in [1.29, 1.82) is 0 Å². The Labute approximate surface area is 225 Å². The summed E-state index contributed by atoms with van der Waals surface area (Å²) in [5, 5.41) is 14.3. The van der Waals surface area contributed by atoms with Crippen LogP contribution in [0.1, 0.15) is 10.5 Å². The van der Waals surface area contributed by atoms with Gasteiger partial charge in [-0.25, -0.2) is 4.98 Å². The van der Waals surface area contributed by atoms with Crippen molar-refractivity contribution in [3.05, 3.63) is 94.8 Å². The van der Waals surface area contributed by atoms with E-state index in [0.717, 1.165) is 43.0 Å². The zero-order valence-corrected chi connectivity index (χ0v) is 21.3. The van der Waals surface area contributed by atoms with Crippen LogP contribution in [0.2, 0.25) is 0 Å². The number of amides is 1. The maximum atomic E-state index is 12.1. The standard InChI is InChI=1S/C28H27N7O4/c1-33-12-14-34(15-13-33)24-11-10-20(16-23(24)19-6-3-2-4-7-19)31-28-26(27(29)36)30-18-25(32-28)39-22-9-5-8-21(17-22)35(37)38/h2-11,16-18H,12-15H2,1H3,(H2,29,36)(H,31,32). The average molecular weight is 526 g/mol. The summed E-state index contributed by atoms with van der Waals surface area (Å²) in [7, 11) is 2.12. The lowest BCUT2D eigenvalue weighted by atomic mass is 10.0. The molecule has 1 aliphatic rings. The first-order valence-corrected chi connectivity index (χ1v) is 12.4. The summed E-state index contributed by atoms with van der Waals surface area (Å²) >= 11 is 0. The molecule has 1 saturated heterocycles. The molecule has 3 N–H and O–H groups in total. The molecule has 1 fully saturated rings. The first-order chi connectivity index (χ1) is 18.9.